The van der Waals surface area contributed by atoms with Gasteiger partial charge in [0, 0.05) is 25.7 Å². The van der Waals surface area contributed by atoms with Crippen LogP contribution in [0.4, 0.5) is 0 Å². The average Bonchev–Trinajstić information content (AvgIpc) is 3.27. The summed E-state index contributed by atoms with van der Waals surface area (Å²) in [5.41, 5.74) is 2.98. The van der Waals surface area contributed by atoms with Crippen molar-refractivity contribution in [3.63, 3.8) is 0 Å². The molecule has 0 aliphatic carbocycles. The summed E-state index contributed by atoms with van der Waals surface area (Å²) < 4.78 is 2.05. The summed E-state index contributed by atoms with van der Waals surface area (Å²) in [6.07, 6.45) is 6.05. The van der Waals surface area contributed by atoms with E-state index < -0.39 is 0 Å². The molecule has 0 bridgehead atoms. The molecule has 3 heterocycles. The summed E-state index contributed by atoms with van der Waals surface area (Å²) in [4.78, 5) is 27.8. The number of para-hydroxylation sites is 2. The van der Waals surface area contributed by atoms with Crippen LogP contribution in [0.1, 0.15) is 36.8 Å². The van der Waals surface area contributed by atoms with Gasteiger partial charge in [0.2, 0.25) is 5.91 Å². The fraction of sp³-hybridized carbons (Fsp3) is 0.368. The second-order valence-corrected chi connectivity index (χ2v) is 6.45. The average molecular weight is 335 g/mol. The van der Waals surface area contributed by atoms with Gasteiger partial charge in [-0.3, -0.25) is 4.79 Å². The van der Waals surface area contributed by atoms with Crippen LogP contribution in [-0.2, 0) is 11.3 Å². The van der Waals surface area contributed by atoms with E-state index in [0.717, 1.165) is 41.9 Å². The maximum atomic E-state index is 12.8. The van der Waals surface area contributed by atoms with Crippen LogP contribution in [0.5, 0.6) is 0 Å². The van der Waals surface area contributed by atoms with Crippen molar-refractivity contribution in [1.29, 1.82) is 0 Å². The number of fused-ring (bicyclic) bond motifs is 1. The van der Waals surface area contributed by atoms with Crippen molar-refractivity contribution < 1.29 is 4.79 Å². The second kappa shape index (κ2) is 6.63. The first-order valence-electron chi connectivity index (χ1n) is 8.71. The van der Waals surface area contributed by atoms with E-state index in [-0.39, 0.29) is 11.9 Å². The molecule has 6 nitrogen and oxygen atoms in total. The Balaban J connectivity index is 1.47. The molecule has 128 valence electrons. The molecule has 1 saturated heterocycles. The Kier molecular flexibility index (Phi) is 4.17. The highest BCUT2D eigenvalue weighted by atomic mass is 16.2. The molecule has 1 fully saturated rings. The number of aryl methyl sites for hydroxylation is 2. The summed E-state index contributed by atoms with van der Waals surface area (Å²) in [5, 5.41) is 0. The first-order valence-corrected chi connectivity index (χ1v) is 8.71. The summed E-state index contributed by atoms with van der Waals surface area (Å²) >= 11 is 0. The molecule has 1 atom stereocenters. The lowest BCUT2D eigenvalue weighted by atomic mass is 10.1. The van der Waals surface area contributed by atoms with Gasteiger partial charge in [0.1, 0.15) is 5.82 Å². The van der Waals surface area contributed by atoms with Crippen molar-refractivity contribution in [3.05, 3.63) is 54.4 Å². The fourth-order valence-corrected chi connectivity index (χ4v) is 3.58. The van der Waals surface area contributed by atoms with Gasteiger partial charge in [-0.25, -0.2) is 15.0 Å². The SMILES string of the molecule is Cc1nccc([C@H]2CCCN2C(=O)CCn2cnc3ccccc32)n1. The Morgan fingerprint density at radius 3 is 3.00 bits per heavy atom. The molecular weight excluding hydrogens is 314 g/mol. The maximum absolute atomic E-state index is 12.8. The van der Waals surface area contributed by atoms with Gasteiger partial charge in [-0.2, -0.15) is 0 Å². The van der Waals surface area contributed by atoms with Crippen molar-refractivity contribution in [2.45, 2.75) is 38.8 Å². The van der Waals surface area contributed by atoms with Crippen LogP contribution in [0.25, 0.3) is 11.0 Å². The first-order chi connectivity index (χ1) is 12.2. The van der Waals surface area contributed by atoms with Crippen molar-refractivity contribution in [2.75, 3.05) is 6.54 Å². The van der Waals surface area contributed by atoms with E-state index in [4.69, 9.17) is 0 Å². The summed E-state index contributed by atoms with van der Waals surface area (Å²) in [7, 11) is 0. The number of rotatable bonds is 4. The molecule has 0 radical (unpaired) electrons. The lowest BCUT2D eigenvalue weighted by molar-refractivity contribution is -0.132. The number of likely N-dealkylation sites (tertiary alicyclic amines) is 1. The van der Waals surface area contributed by atoms with Gasteiger partial charge < -0.3 is 9.47 Å². The maximum Gasteiger partial charge on any atom is 0.224 e. The lowest BCUT2D eigenvalue weighted by Gasteiger charge is -2.24. The molecule has 25 heavy (non-hydrogen) atoms. The molecular formula is C19H21N5O. The molecule has 1 amide bonds. The van der Waals surface area contributed by atoms with Gasteiger partial charge in [-0.1, -0.05) is 12.1 Å². The number of carbonyl (C=O) groups is 1. The largest absolute Gasteiger partial charge is 0.334 e. The quantitative estimate of drug-likeness (QED) is 0.735. The Bertz CT molecular complexity index is 903. The van der Waals surface area contributed by atoms with E-state index in [0.29, 0.717) is 13.0 Å². The first kappa shape index (κ1) is 15.7. The fourth-order valence-electron chi connectivity index (χ4n) is 3.58. The van der Waals surface area contributed by atoms with Crippen molar-refractivity contribution in [2.24, 2.45) is 0 Å². The number of hydrogen-bond donors (Lipinski definition) is 0. The molecule has 0 unspecified atom stereocenters. The number of amides is 1. The number of carbonyl (C=O) groups excluding carboxylic acids is 1. The Hall–Kier alpha value is -2.76. The van der Waals surface area contributed by atoms with E-state index in [1.54, 1.807) is 6.20 Å². The predicted molar refractivity (Wildman–Crippen MR) is 94.8 cm³/mol. The normalized spacial score (nSPS) is 17.3. The van der Waals surface area contributed by atoms with Crippen molar-refractivity contribution in [3.8, 4) is 0 Å². The second-order valence-electron chi connectivity index (χ2n) is 6.45. The van der Waals surface area contributed by atoms with E-state index in [9.17, 15) is 4.79 Å². The standard InChI is InChI=1S/C19H21N5O/c1-14-20-10-8-16(22-14)18-7-4-11-24(18)19(25)9-12-23-13-21-15-5-2-3-6-17(15)23/h2-3,5-6,8,10,13,18H,4,7,9,11-12H2,1H3/t18-/m1/s1. The zero-order valence-electron chi connectivity index (χ0n) is 14.3. The van der Waals surface area contributed by atoms with E-state index in [1.807, 2.05) is 53.0 Å². The Morgan fingerprint density at radius 1 is 1.24 bits per heavy atom. The third-order valence-corrected chi connectivity index (χ3v) is 4.81. The number of benzene rings is 1. The number of hydrogen-bond acceptors (Lipinski definition) is 4. The minimum atomic E-state index is 0.0775. The minimum Gasteiger partial charge on any atom is -0.334 e. The highest BCUT2D eigenvalue weighted by molar-refractivity contribution is 5.78. The smallest absolute Gasteiger partial charge is 0.224 e. The van der Waals surface area contributed by atoms with Crippen LogP contribution in [0.3, 0.4) is 0 Å². The number of imidazole rings is 1. The van der Waals surface area contributed by atoms with Crippen LogP contribution < -0.4 is 0 Å². The third-order valence-electron chi connectivity index (χ3n) is 4.81. The van der Waals surface area contributed by atoms with Crippen LogP contribution in [0.2, 0.25) is 0 Å². The molecule has 0 N–H and O–H groups in total. The van der Waals surface area contributed by atoms with E-state index >= 15 is 0 Å². The van der Waals surface area contributed by atoms with Crippen molar-refractivity contribution >= 4 is 16.9 Å². The van der Waals surface area contributed by atoms with E-state index in [1.165, 1.54) is 0 Å². The summed E-state index contributed by atoms with van der Waals surface area (Å²) in [5.74, 6) is 0.929. The molecule has 4 rings (SSSR count). The molecule has 0 spiro atoms. The Labute approximate surface area is 146 Å². The van der Waals surface area contributed by atoms with Gasteiger partial charge in [-0.15, -0.1) is 0 Å². The van der Waals surface area contributed by atoms with Crippen LogP contribution in [0.15, 0.2) is 42.9 Å². The molecule has 1 aromatic carbocycles. The Morgan fingerprint density at radius 2 is 2.12 bits per heavy atom. The zero-order chi connectivity index (χ0) is 17.2. The lowest BCUT2D eigenvalue weighted by Crippen LogP contribution is -2.31. The third kappa shape index (κ3) is 3.12. The molecule has 1 aliphatic rings. The highest BCUT2D eigenvalue weighted by Gasteiger charge is 2.30. The van der Waals surface area contributed by atoms with Gasteiger partial charge in [0.25, 0.3) is 0 Å². The van der Waals surface area contributed by atoms with Gasteiger partial charge in [-0.05, 0) is 38.0 Å². The highest BCUT2D eigenvalue weighted by Crippen LogP contribution is 2.31. The number of nitrogens with zero attached hydrogens (tertiary/aromatic N) is 5. The molecule has 1 aliphatic heterocycles. The summed E-state index contributed by atoms with van der Waals surface area (Å²) in [6, 6.07) is 10.00. The predicted octanol–water partition coefficient (Wildman–Crippen LogP) is 2.89. The zero-order valence-corrected chi connectivity index (χ0v) is 14.3. The molecule has 2 aromatic heterocycles. The summed E-state index contributed by atoms with van der Waals surface area (Å²) in [6.45, 7) is 3.33. The van der Waals surface area contributed by atoms with Crippen molar-refractivity contribution in [1.82, 2.24) is 24.4 Å². The topological polar surface area (TPSA) is 63.9 Å². The van der Waals surface area contributed by atoms with Gasteiger partial charge in [0.05, 0.1) is 29.1 Å². The van der Waals surface area contributed by atoms with Gasteiger partial charge >= 0.3 is 0 Å². The molecule has 3 aromatic rings. The number of aromatic nitrogens is 4. The van der Waals surface area contributed by atoms with Gasteiger partial charge in [0.15, 0.2) is 0 Å². The van der Waals surface area contributed by atoms with Crippen LogP contribution in [-0.4, -0.2) is 36.9 Å². The minimum absolute atomic E-state index is 0.0775. The van der Waals surface area contributed by atoms with Crippen LogP contribution in [0, 0.1) is 6.92 Å². The molecule has 6 heteroatoms. The van der Waals surface area contributed by atoms with Crippen LogP contribution >= 0.6 is 0 Å². The van der Waals surface area contributed by atoms with E-state index in [2.05, 4.69) is 15.0 Å². The monoisotopic (exact) mass is 335 g/mol. The molecule has 0 saturated carbocycles.